The number of carbonyl (C=O) groups is 1. The fraction of sp³-hybridized carbons (Fsp3) is 0.235. The van der Waals surface area contributed by atoms with Crippen molar-refractivity contribution in [2.75, 3.05) is 13.1 Å². The van der Waals surface area contributed by atoms with Crippen molar-refractivity contribution < 1.29 is 15.0 Å². The van der Waals surface area contributed by atoms with Gasteiger partial charge in [0.1, 0.15) is 11.5 Å². The third-order valence-corrected chi connectivity index (χ3v) is 3.20. The van der Waals surface area contributed by atoms with Crippen molar-refractivity contribution in [1.29, 1.82) is 0 Å². The minimum absolute atomic E-state index is 0.00681. The van der Waals surface area contributed by atoms with Crippen LogP contribution in [0.25, 0.3) is 0 Å². The molecule has 0 aliphatic heterocycles. The van der Waals surface area contributed by atoms with Gasteiger partial charge in [0.15, 0.2) is 5.78 Å². The second kappa shape index (κ2) is 7.45. The number of aromatic hydroxyl groups is 2. The van der Waals surface area contributed by atoms with E-state index >= 15 is 0 Å². The molecule has 21 heavy (non-hydrogen) atoms. The molecule has 0 aliphatic rings. The Hall–Kier alpha value is -2.33. The number of benzene rings is 2. The van der Waals surface area contributed by atoms with Crippen molar-refractivity contribution in [3.63, 3.8) is 0 Å². The normalized spacial score (nSPS) is 10.5. The molecule has 4 heteroatoms. The molecule has 4 nitrogen and oxygen atoms in total. The topological polar surface area (TPSA) is 69.6 Å². The zero-order valence-electron chi connectivity index (χ0n) is 11.7. The zero-order chi connectivity index (χ0) is 15.1. The predicted octanol–water partition coefficient (Wildman–Crippen LogP) is 2.50. The largest absolute Gasteiger partial charge is 0.508 e. The van der Waals surface area contributed by atoms with Crippen LogP contribution in [0.5, 0.6) is 11.5 Å². The molecule has 0 heterocycles. The van der Waals surface area contributed by atoms with Crippen molar-refractivity contribution in [2.45, 2.75) is 12.8 Å². The van der Waals surface area contributed by atoms with Crippen LogP contribution in [0, 0.1) is 0 Å². The van der Waals surface area contributed by atoms with Crippen molar-refractivity contribution >= 4 is 5.78 Å². The van der Waals surface area contributed by atoms with E-state index in [0.29, 0.717) is 5.56 Å². The highest BCUT2D eigenvalue weighted by Gasteiger charge is 2.04. The van der Waals surface area contributed by atoms with Crippen LogP contribution < -0.4 is 5.32 Å². The summed E-state index contributed by atoms with van der Waals surface area (Å²) in [6, 6.07) is 13.5. The van der Waals surface area contributed by atoms with E-state index < -0.39 is 0 Å². The third-order valence-electron chi connectivity index (χ3n) is 3.20. The lowest BCUT2D eigenvalue weighted by Gasteiger charge is -2.05. The SMILES string of the molecule is O=C(CNCCCc1cccc(O)c1)c1ccc(O)cc1. The van der Waals surface area contributed by atoms with Gasteiger partial charge in [-0.15, -0.1) is 0 Å². The van der Waals surface area contributed by atoms with Gasteiger partial charge in [-0.1, -0.05) is 12.1 Å². The van der Waals surface area contributed by atoms with Crippen LogP contribution in [0.3, 0.4) is 0 Å². The molecular formula is C17H19NO3. The zero-order valence-corrected chi connectivity index (χ0v) is 11.7. The van der Waals surface area contributed by atoms with Gasteiger partial charge in [0.05, 0.1) is 6.54 Å². The van der Waals surface area contributed by atoms with Crippen molar-refractivity contribution in [3.05, 3.63) is 59.7 Å². The Bertz CT molecular complexity index is 593. The molecule has 0 aromatic heterocycles. The van der Waals surface area contributed by atoms with Gasteiger partial charge in [0.2, 0.25) is 0 Å². The molecule has 0 aliphatic carbocycles. The number of hydrogen-bond acceptors (Lipinski definition) is 4. The minimum atomic E-state index is 0.00681. The van der Waals surface area contributed by atoms with Gasteiger partial charge >= 0.3 is 0 Å². The van der Waals surface area contributed by atoms with Crippen molar-refractivity contribution in [2.24, 2.45) is 0 Å². The summed E-state index contributed by atoms with van der Waals surface area (Å²) in [4.78, 5) is 11.9. The number of ketones is 1. The van der Waals surface area contributed by atoms with Crippen LogP contribution >= 0.6 is 0 Å². The first-order valence-electron chi connectivity index (χ1n) is 6.96. The first-order valence-corrected chi connectivity index (χ1v) is 6.96. The molecular weight excluding hydrogens is 266 g/mol. The Kier molecular flexibility index (Phi) is 5.35. The second-order valence-electron chi connectivity index (χ2n) is 4.92. The highest BCUT2D eigenvalue weighted by molar-refractivity contribution is 5.97. The van der Waals surface area contributed by atoms with E-state index in [0.717, 1.165) is 24.9 Å². The summed E-state index contributed by atoms with van der Waals surface area (Å²) in [7, 11) is 0. The Morgan fingerprint density at radius 1 is 1.00 bits per heavy atom. The molecule has 0 unspecified atom stereocenters. The second-order valence-corrected chi connectivity index (χ2v) is 4.92. The maximum absolute atomic E-state index is 11.9. The highest BCUT2D eigenvalue weighted by atomic mass is 16.3. The van der Waals surface area contributed by atoms with Crippen LogP contribution in [0.2, 0.25) is 0 Å². The third kappa shape index (κ3) is 4.93. The Morgan fingerprint density at radius 2 is 1.76 bits per heavy atom. The molecule has 0 saturated heterocycles. The van der Waals surface area contributed by atoms with Crippen molar-refractivity contribution in [1.82, 2.24) is 5.32 Å². The number of Topliss-reactive ketones (excluding diaryl/α,β-unsaturated/α-hetero) is 1. The van der Waals surface area contributed by atoms with Gasteiger partial charge in [-0.3, -0.25) is 4.79 Å². The Morgan fingerprint density at radius 3 is 2.48 bits per heavy atom. The molecule has 110 valence electrons. The molecule has 0 amide bonds. The van der Waals surface area contributed by atoms with Crippen LogP contribution in [-0.4, -0.2) is 29.1 Å². The molecule has 3 N–H and O–H groups in total. The van der Waals surface area contributed by atoms with E-state index in [1.165, 1.54) is 12.1 Å². The highest BCUT2D eigenvalue weighted by Crippen LogP contribution is 2.12. The van der Waals surface area contributed by atoms with Crippen LogP contribution in [-0.2, 0) is 6.42 Å². The molecule has 0 radical (unpaired) electrons. The van der Waals surface area contributed by atoms with Gasteiger partial charge < -0.3 is 15.5 Å². The fourth-order valence-electron chi connectivity index (χ4n) is 2.08. The van der Waals surface area contributed by atoms with Crippen LogP contribution in [0.15, 0.2) is 48.5 Å². The summed E-state index contributed by atoms with van der Waals surface area (Å²) in [5, 5.41) is 21.6. The van der Waals surface area contributed by atoms with Gasteiger partial charge in [0, 0.05) is 5.56 Å². The van der Waals surface area contributed by atoms with E-state index in [2.05, 4.69) is 5.32 Å². The minimum Gasteiger partial charge on any atom is -0.508 e. The molecule has 0 atom stereocenters. The standard InChI is InChI=1S/C17H19NO3/c19-15-8-6-14(7-9-15)17(21)12-18-10-2-4-13-3-1-5-16(20)11-13/h1,3,5-9,11,18-20H,2,4,10,12H2. The van der Waals surface area contributed by atoms with Crippen molar-refractivity contribution in [3.8, 4) is 11.5 Å². The summed E-state index contributed by atoms with van der Waals surface area (Å²) in [5.41, 5.74) is 1.68. The Labute approximate surface area is 124 Å². The van der Waals surface area contributed by atoms with E-state index in [9.17, 15) is 9.90 Å². The Balaban J connectivity index is 1.68. The number of aryl methyl sites for hydroxylation is 1. The lowest BCUT2D eigenvalue weighted by atomic mass is 10.1. The molecule has 2 aromatic carbocycles. The number of hydrogen-bond donors (Lipinski definition) is 3. The van der Waals surface area contributed by atoms with E-state index in [1.54, 1.807) is 24.3 Å². The van der Waals surface area contributed by atoms with Crippen LogP contribution in [0.1, 0.15) is 22.3 Å². The van der Waals surface area contributed by atoms with Gasteiger partial charge in [-0.2, -0.15) is 0 Å². The van der Waals surface area contributed by atoms with Crippen LogP contribution in [0.4, 0.5) is 0 Å². The number of carbonyl (C=O) groups excluding carboxylic acids is 1. The van der Waals surface area contributed by atoms with Gasteiger partial charge in [0.25, 0.3) is 0 Å². The molecule has 2 aromatic rings. The lowest BCUT2D eigenvalue weighted by Crippen LogP contribution is -2.24. The number of phenolic OH excluding ortho intramolecular Hbond substituents is 2. The molecule has 2 rings (SSSR count). The number of rotatable bonds is 7. The quantitative estimate of drug-likeness (QED) is 0.540. The smallest absolute Gasteiger partial charge is 0.176 e. The summed E-state index contributed by atoms with van der Waals surface area (Å²) >= 11 is 0. The summed E-state index contributed by atoms with van der Waals surface area (Å²) in [6.45, 7) is 1.02. The molecule has 0 bridgehead atoms. The number of nitrogens with one attached hydrogen (secondary N) is 1. The molecule has 0 spiro atoms. The summed E-state index contributed by atoms with van der Waals surface area (Å²) in [5.74, 6) is 0.445. The fourth-order valence-corrected chi connectivity index (χ4v) is 2.08. The van der Waals surface area contributed by atoms with Gasteiger partial charge in [-0.25, -0.2) is 0 Å². The van der Waals surface area contributed by atoms with E-state index in [-0.39, 0.29) is 23.8 Å². The van der Waals surface area contributed by atoms with E-state index in [4.69, 9.17) is 5.11 Å². The predicted molar refractivity (Wildman–Crippen MR) is 81.7 cm³/mol. The molecule has 0 saturated carbocycles. The molecule has 0 fully saturated rings. The van der Waals surface area contributed by atoms with Gasteiger partial charge in [-0.05, 0) is 61.3 Å². The lowest BCUT2D eigenvalue weighted by molar-refractivity contribution is 0.0991. The average molecular weight is 285 g/mol. The average Bonchev–Trinajstić information content (AvgIpc) is 2.47. The maximum Gasteiger partial charge on any atom is 0.176 e. The number of phenols is 2. The van der Waals surface area contributed by atoms with E-state index in [1.807, 2.05) is 12.1 Å². The monoisotopic (exact) mass is 285 g/mol. The summed E-state index contributed by atoms with van der Waals surface area (Å²) in [6.07, 6.45) is 1.75. The maximum atomic E-state index is 11.9. The first kappa shape index (κ1) is 15.1. The first-order chi connectivity index (χ1) is 10.1. The summed E-state index contributed by atoms with van der Waals surface area (Å²) < 4.78 is 0.